The summed E-state index contributed by atoms with van der Waals surface area (Å²) in [5, 5.41) is 1.05. The molecule has 31 heavy (non-hydrogen) atoms. The number of nitrogens with zero attached hydrogens (tertiary/aromatic N) is 4. The van der Waals surface area contributed by atoms with E-state index in [0.717, 1.165) is 31.6 Å². The van der Waals surface area contributed by atoms with Crippen molar-refractivity contribution in [3.8, 4) is 5.75 Å². The van der Waals surface area contributed by atoms with Crippen LogP contribution in [0.3, 0.4) is 0 Å². The van der Waals surface area contributed by atoms with Crippen LogP contribution in [0, 0.1) is 6.92 Å². The van der Waals surface area contributed by atoms with Crippen LogP contribution in [0.25, 0.3) is 20.4 Å². The number of rotatable bonds is 5. The van der Waals surface area contributed by atoms with E-state index in [-0.39, 0.29) is 5.91 Å². The molecule has 5 rings (SSSR count). The number of hydrogen-bond donors (Lipinski definition) is 0. The van der Waals surface area contributed by atoms with Crippen molar-refractivity contribution in [2.45, 2.75) is 13.5 Å². The molecule has 0 saturated carbocycles. The normalized spacial score (nSPS) is 11.2. The lowest BCUT2D eigenvalue weighted by molar-refractivity contribution is 0.0985. The number of benzene rings is 2. The molecule has 0 atom stereocenters. The van der Waals surface area contributed by atoms with E-state index in [1.807, 2.05) is 55.5 Å². The summed E-state index contributed by atoms with van der Waals surface area (Å²) in [4.78, 5) is 28.9. The van der Waals surface area contributed by atoms with Gasteiger partial charge in [0.1, 0.15) is 11.3 Å². The Labute approximate surface area is 186 Å². The number of para-hydroxylation sites is 1. The molecular weight excluding hydrogens is 428 g/mol. The molecule has 0 aliphatic rings. The molecule has 0 bridgehead atoms. The third kappa shape index (κ3) is 3.64. The van der Waals surface area contributed by atoms with Gasteiger partial charge in [0.25, 0.3) is 5.91 Å². The Kier molecular flexibility index (Phi) is 5.09. The molecule has 2 aromatic carbocycles. The first-order chi connectivity index (χ1) is 15.1. The number of anilines is 1. The summed E-state index contributed by atoms with van der Waals surface area (Å²) in [7, 11) is 1.63. The molecule has 0 aliphatic carbocycles. The second-order valence-electron chi connectivity index (χ2n) is 7.00. The number of aryl methyl sites for hydroxylation is 1. The molecule has 8 heteroatoms. The first-order valence-electron chi connectivity index (χ1n) is 9.64. The fourth-order valence-corrected chi connectivity index (χ4v) is 5.32. The van der Waals surface area contributed by atoms with Crippen molar-refractivity contribution in [1.29, 1.82) is 0 Å². The topological polar surface area (TPSA) is 68.2 Å². The Morgan fingerprint density at radius 1 is 1.06 bits per heavy atom. The van der Waals surface area contributed by atoms with Crippen LogP contribution in [0.1, 0.15) is 20.9 Å². The van der Waals surface area contributed by atoms with E-state index >= 15 is 0 Å². The fourth-order valence-electron chi connectivity index (χ4n) is 3.36. The summed E-state index contributed by atoms with van der Waals surface area (Å²) in [6.07, 6.45) is 3.48. The van der Waals surface area contributed by atoms with Crippen molar-refractivity contribution in [3.63, 3.8) is 0 Å². The van der Waals surface area contributed by atoms with Crippen LogP contribution < -0.4 is 9.64 Å². The lowest BCUT2D eigenvalue weighted by Gasteiger charge is -2.18. The molecule has 5 aromatic rings. The zero-order valence-corrected chi connectivity index (χ0v) is 18.5. The van der Waals surface area contributed by atoms with Crippen molar-refractivity contribution in [2.75, 3.05) is 12.0 Å². The number of fused-ring (bicyclic) bond motifs is 2. The third-order valence-corrected chi connectivity index (χ3v) is 7.17. The highest BCUT2D eigenvalue weighted by Crippen LogP contribution is 2.37. The van der Waals surface area contributed by atoms with E-state index < -0.39 is 0 Å². The van der Waals surface area contributed by atoms with Gasteiger partial charge in [0, 0.05) is 12.4 Å². The van der Waals surface area contributed by atoms with Gasteiger partial charge >= 0.3 is 0 Å². The Morgan fingerprint density at radius 3 is 2.71 bits per heavy atom. The summed E-state index contributed by atoms with van der Waals surface area (Å²) in [6, 6.07) is 15.5. The van der Waals surface area contributed by atoms with E-state index in [2.05, 4.69) is 9.97 Å². The minimum atomic E-state index is -0.180. The van der Waals surface area contributed by atoms with Crippen LogP contribution in [0.15, 0.2) is 60.9 Å². The van der Waals surface area contributed by atoms with Gasteiger partial charge in [-0.3, -0.25) is 14.7 Å². The van der Waals surface area contributed by atoms with Gasteiger partial charge in [0.15, 0.2) is 10.1 Å². The van der Waals surface area contributed by atoms with Gasteiger partial charge < -0.3 is 4.74 Å². The first kappa shape index (κ1) is 19.6. The summed E-state index contributed by atoms with van der Waals surface area (Å²) < 4.78 is 7.48. The van der Waals surface area contributed by atoms with Crippen molar-refractivity contribution in [2.24, 2.45) is 0 Å². The van der Waals surface area contributed by atoms with Crippen molar-refractivity contribution >= 4 is 54.1 Å². The maximum atomic E-state index is 13.6. The Morgan fingerprint density at radius 2 is 1.94 bits per heavy atom. The van der Waals surface area contributed by atoms with Crippen molar-refractivity contribution < 1.29 is 9.53 Å². The number of pyridine rings is 1. The fraction of sp³-hybridized carbons (Fsp3) is 0.130. The molecule has 0 radical (unpaired) electrons. The lowest BCUT2D eigenvalue weighted by atomic mass is 10.2. The number of aromatic nitrogens is 3. The Balaban J connectivity index is 1.62. The number of amides is 1. The van der Waals surface area contributed by atoms with Gasteiger partial charge in [0.05, 0.1) is 28.6 Å². The summed E-state index contributed by atoms with van der Waals surface area (Å²) in [6.45, 7) is 2.38. The molecule has 3 heterocycles. The average molecular weight is 447 g/mol. The van der Waals surface area contributed by atoms with Crippen LogP contribution in [0.2, 0.25) is 0 Å². The molecule has 0 saturated heterocycles. The predicted molar refractivity (Wildman–Crippen MR) is 125 cm³/mol. The highest BCUT2D eigenvalue weighted by atomic mass is 32.1. The summed E-state index contributed by atoms with van der Waals surface area (Å²) >= 11 is 2.87. The van der Waals surface area contributed by atoms with Gasteiger partial charge in [-0.1, -0.05) is 35.6 Å². The summed E-state index contributed by atoms with van der Waals surface area (Å²) in [5.74, 6) is 0.512. The second-order valence-corrected chi connectivity index (χ2v) is 9.01. The van der Waals surface area contributed by atoms with Crippen molar-refractivity contribution in [3.05, 3.63) is 77.1 Å². The molecule has 0 unspecified atom stereocenters. The smallest absolute Gasteiger partial charge is 0.289 e. The average Bonchev–Trinajstić information content (AvgIpc) is 3.43. The van der Waals surface area contributed by atoms with Crippen molar-refractivity contribution in [1.82, 2.24) is 15.0 Å². The Hall–Kier alpha value is -3.36. The standard InChI is InChI=1S/C23H18N4O2S2/c1-14-9-10-17(29-2)19-20(14)31-23(26-19)27(13-15-6-5-11-24-12-15)22(28)21-25-16-7-3-4-8-18(16)30-21/h3-12H,13H2,1-2H3. The quantitative estimate of drug-likeness (QED) is 0.358. The minimum absolute atomic E-state index is 0.180. The molecular formula is C23H18N4O2S2. The number of methoxy groups -OCH3 is 1. The highest BCUT2D eigenvalue weighted by molar-refractivity contribution is 7.23. The molecule has 154 valence electrons. The SMILES string of the molecule is COc1ccc(C)c2sc(N(Cc3cccnc3)C(=O)c3nc4ccccc4s3)nc12. The van der Waals surface area contributed by atoms with Crippen LogP contribution in [0.4, 0.5) is 5.13 Å². The number of ether oxygens (including phenoxy) is 1. The van der Waals surface area contributed by atoms with Crippen LogP contribution in [-0.4, -0.2) is 28.0 Å². The number of carbonyl (C=O) groups excluding carboxylic acids is 1. The predicted octanol–water partition coefficient (Wildman–Crippen LogP) is 5.47. The maximum Gasteiger partial charge on any atom is 0.289 e. The van der Waals surface area contributed by atoms with Crippen LogP contribution >= 0.6 is 22.7 Å². The van der Waals surface area contributed by atoms with Gasteiger partial charge in [-0.2, -0.15) is 0 Å². The number of carbonyl (C=O) groups is 1. The minimum Gasteiger partial charge on any atom is -0.494 e. The number of hydrogen-bond acceptors (Lipinski definition) is 7. The molecule has 6 nitrogen and oxygen atoms in total. The zero-order valence-electron chi connectivity index (χ0n) is 16.9. The van der Waals surface area contributed by atoms with Crippen LogP contribution in [-0.2, 0) is 6.54 Å². The van der Waals surface area contributed by atoms with E-state index in [1.54, 1.807) is 24.4 Å². The van der Waals surface area contributed by atoms with E-state index in [9.17, 15) is 4.79 Å². The second kappa shape index (κ2) is 8.05. The van der Waals surface area contributed by atoms with E-state index in [4.69, 9.17) is 9.72 Å². The number of thiazole rings is 2. The lowest BCUT2D eigenvalue weighted by Crippen LogP contribution is -2.30. The molecule has 0 aliphatic heterocycles. The largest absolute Gasteiger partial charge is 0.494 e. The highest BCUT2D eigenvalue weighted by Gasteiger charge is 2.25. The zero-order chi connectivity index (χ0) is 21.4. The third-order valence-electron chi connectivity index (χ3n) is 4.93. The molecule has 0 spiro atoms. The van der Waals surface area contributed by atoms with Gasteiger partial charge in [-0.05, 0) is 42.3 Å². The molecule has 0 N–H and O–H groups in total. The molecule has 3 aromatic heterocycles. The van der Waals surface area contributed by atoms with Gasteiger partial charge in [-0.15, -0.1) is 11.3 Å². The summed E-state index contributed by atoms with van der Waals surface area (Å²) in [5.41, 5.74) is 3.59. The first-order valence-corrected chi connectivity index (χ1v) is 11.3. The van der Waals surface area contributed by atoms with E-state index in [1.165, 1.54) is 22.7 Å². The van der Waals surface area contributed by atoms with Gasteiger partial charge in [-0.25, -0.2) is 9.97 Å². The molecule has 1 amide bonds. The monoisotopic (exact) mass is 446 g/mol. The van der Waals surface area contributed by atoms with Crippen LogP contribution in [0.5, 0.6) is 5.75 Å². The maximum absolute atomic E-state index is 13.6. The van der Waals surface area contributed by atoms with E-state index in [0.29, 0.717) is 22.4 Å². The Bertz CT molecular complexity index is 1360. The molecule has 0 fully saturated rings. The van der Waals surface area contributed by atoms with Gasteiger partial charge in [0.2, 0.25) is 0 Å².